The molecule has 0 aliphatic rings. The van der Waals surface area contributed by atoms with E-state index in [1.807, 2.05) is 13.8 Å². The average Bonchev–Trinajstić information content (AvgIpc) is 2.56. The van der Waals surface area contributed by atoms with Crippen molar-refractivity contribution >= 4 is 29.1 Å². The largest absolute Gasteiger partial charge is 0.339 e. The van der Waals surface area contributed by atoms with Gasteiger partial charge in [-0.25, -0.2) is 4.39 Å². The van der Waals surface area contributed by atoms with Crippen LogP contribution in [0.1, 0.15) is 34.6 Å². The molecular weight excluding hydrogens is 331 g/mol. The van der Waals surface area contributed by atoms with Gasteiger partial charge in [-0.05, 0) is 44.2 Å². The summed E-state index contributed by atoms with van der Waals surface area (Å²) in [6, 6.07) is 10.6. The molecule has 24 heavy (non-hydrogen) atoms. The highest BCUT2D eigenvalue weighted by molar-refractivity contribution is 6.34. The zero-order valence-electron chi connectivity index (χ0n) is 13.5. The number of amides is 2. The van der Waals surface area contributed by atoms with Crippen LogP contribution < -0.4 is 5.32 Å². The Kier molecular flexibility index (Phi) is 5.93. The molecule has 0 aliphatic carbocycles. The zero-order chi connectivity index (χ0) is 17.7. The van der Waals surface area contributed by atoms with Gasteiger partial charge < -0.3 is 10.2 Å². The molecule has 0 saturated heterocycles. The summed E-state index contributed by atoms with van der Waals surface area (Å²) < 4.78 is 13.8. The predicted molar refractivity (Wildman–Crippen MR) is 93.1 cm³/mol. The molecule has 0 aromatic heterocycles. The molecule has 0 fully saturated rings. The summed E-state index contributed by atoms with van der Waals surface area (Å²) >= 11 is 5.89. The Labute approximate surface area is 145 Å². The highest BCUT2D eigenvalue weighted by atomic mass is 35.5. The third-order valence-corrected chi connectivity index (χ3v) is 3.92. The van der Waals surface area contributed by atoms with E-state index in [0.717, 1.165) is 0 Å². The Balaban J connectivity index is 2.24. The molecule has 0 spiro atoms. The standard InChI is InChI=1S/C18H18ClFN2O2/c1-3-22(4-2)18(24)12-7-5-8-13(11-12)21-17(23)16-14(19)9-6-10-15(16)20/h5-11H,3-4H2,1-2H3,(H,21,23). The topological polar surface area (TPSA) is 49.4 Å². The van der Waals surface area contributed by atoms with Crippen molar-refractivity contribution in [2.24, 2.45) is 0 Å². The first-order valence-corrected chi connectivity index (χ1v) is 8.00. The number of halogens is 2. The molecule has 1 N–H and O–H groups in total. The van der Waals surface area contributed by atoms with E-state index < -0.39 is 11.7 Å². The fourth-order valence-corrected chi connectivity index (χ4v) is 2.58. The number of carbonyl (C=O) groups excluding carboxylic acids is 2. The molecule has 0 bridgehead atoms. The molecule has 4 nitrogen and oxygen atoms in total. The number of rotatable bonds is 5. The lowest BCUT2D eigenvalue weighted by Gasteiger charge is -2.19. The lowest BCUT2D eigenvalue weighted by atomic mass is 10.1. The summed E-state index contributed by atoms with van der Waals surface area (Å²) in [4.78, 5) is 26.3. The molecule has 0 saturated carbocycles. The summed E-state index contributed by atoms with van der Waals surface area (Å²) in [5.74, 6) is -1.49. The fraction of sp³-hybridized carbons (Fsp3) is 0.222. The van der Waals surface area contributed by atoms with Crippen LogP contribution in [0.15, 0.2) is 42.5 Å². The molecule has 2 aromatic rings. The number of carbonyl (C=O) groups is 2. The second-order valence-corrected chi connectivity index (χ2v) is 5.52. The number of hydrogen-bond donors (Lipinski definition) is 1. The van der Waals surface area contributed by atoms with Crippen LogP contribution >= 0.6 is 11.6 Å². The Hall–Kier alpha value is -2.40. The molecule has 0 aliphatic heterocycles. The van der Waals surface area contributed by atoms with Gasteiger partial charge in [0.15, 0.2) is 0 Å². The summed E-state index contributed by atoms with van der Waals surface area (Å²) in [5.41, 5.74) is 0.632. The van der Waals surface area contributed by atoms with E-state index in [2.05, 4.69) is 5.32 Å². The zero-order valence-corrected chi connectivity index (χ0v) is 14.2. The SMILES string of the molecule is CCN(CC)C(=O)c1cccc(NC(=O)c2c(F)cccc2Cl)c1. The molecule has 2 aromatic carbocycles. The maximum absolute atomic E-state index is 13.8. The molecule has 2 amide bonds. The molecule has 126 valence electrons. The molecule has 0 radical (unpaired) electrons. The fourth-order valence-electron chi connectivity index (χ4n) is 2.33. The van der Waals surface area contributed by atoms with E-state index in [9.17, 15) is 14.0 Å². The Morgan fingerprint density at radius 1 is 1.12 bits per heavy atom. The van der Waals surface area contributed by atoms with E-state index in [0.29, 0.717) is 24.3 Å². The van der Waals surface area contributed by atoms with E-state index in [1.54, 1.807) is 29.2 Å². The first-order chi connectivity index (χ1) is 11.5. The van der Waals surface area contributed by atoms with Crippen LogP contribution in [0.4, 0.5) is 10.1 Å². The smallest absolute Gasteiger partial charge is 0.260 e. The van der Waals surface area contributed by atoms with Crippen molar-refractivity contribution in [3.8, 4) is 0 Å². The average molecular weight is 349 g/mol. The maximum Gasteiger partial charge on any atom is 0.260 e. The van der Waals surface area contributed by atoms with Crippen molar-refractivity contribution < 1.29 is 14.0 Å². The summed E-state index contributed by atoms with van der Waals surface area (Å²) in [6.07, 6.45) is 0. The number of nitrogens with zero attached hydrogens (tertiary/aromatic N) is 1. The monoisotopic (exact) mass is 348 g/mol. The van der Waals surface area contributed by atoms with E-state index in [-0.39, 0.29) is 16.5 Å². The molecule has 6 heteroatoms. The number of nitrogens with one attached hydrogen (secondary N) is 1. The van der Waals surface area contributed by atoms with Crippen molar-refractivity contribution in [2.45, 2.75) is 13.8 Å². The van der Waals surface area contributed by atoms with Gasteiger partial charge in [-0.3, -0.25) is 9.59 Å². The first-order valence-electron chi connectivity index (χ1n) is 7.62. The van der Waals surface area contributed by atoms with Crippen LogP contribution in [-0.2, 0) is 0 Å². The molecule has 0 heterocycles. The quantitative estimate of drug-likeness (QED) is 0.879. The van der Waals surface area contributed by atoms with E-state index in [4.69, 9.17) is 11.6 Å². The van der Waals surface area contributed by atoms with E-state index in [1.165, 1.54) is 18.2 Å². The summed E-state index contributed by atoms with van der Waals surface area (Å²) in [7, 11) is 0. The van der Waals surface area contributed by atoms with Crippen molar-refractivity contribution in [2.75, 3.05) is 18.4 Å². The second-order valence-electron chi connectivity index (χ2n) is 5.11. The Bertz CT molecular complexity index is 740. The molecular formula is C18H18ClFN2O2. The number of benzene rings is 2. The van der Waals surface area contributed by atoms with Crippen LogP contribution in [-0.4, -0.2) is 29.8 Å². The predicted octanol–water partition coefficient (Wildman–Crippen LogP) is 4.21. The summed E-state index contributed by atoms with van der Waals surface area (Å²) in [6.45, 7) is 4.98. The van der Waals surface area contributed by atoms with E-state index >= 15 is 0 Å². The summed E-state index contributed by atoms with van der Waals surface area (Å²) in [5, 5.41) is 2.61. The van der Waals surface area contributed by atoms with Gasteiger partial charge in [-0.15, -0.1) is 0 Å². The number of anilines is 1. The van der Waals surface area contributed by atoms with Crippen molar-refractivity contribution in [3.05, 3.63) is 64.4 Å². The van der Waals surface area contributed by atoms with Gasteiger partial charge in [0.25, 0.3) is 11.8 Å². The van der Waals surface area contributed by atoms with Crippen LogP contribution in [0.3, 0.4) is 0 Å². The van der Waals surface area contributed by atoms with Crippen molar-refractivity contribution in [1.82, 2.24) is 4.90 Å². The molecule has 0 unspecified atom stereocenters. The van der Waals surface area contributed by atoms with Gasteiger partial charge in [0, 0.05) is 24.3 Å². The number of hydrogen-bond acceptors (Lipinski definition) is 2. The van der Waals surface area contributed by atoms with Crippen LogP contribution in [0.2, 0.25) is 5.02 Å². The minimum atomic E-state index is -0.699. The minimum absolute atomic E-state index is 0.0304. The Morgan fingerprint density at radius 2 is 1.79 bits per heavy atom. The third kappa shape index (κ3) is 3.92. The third-order valence-electron chi connectivity index (χ3n) is 3.61. The van der Waals surface area contributed by atoms with Gasteiger partial charge >= 0.3 is 0 Å². The molecule has 2 rings (SSSR count). The van der Waals surface area contributed by atoms with Crippen LogP contribution in [0.5, 0.6) is 0 Å². The highest BCUT2D eigenvalue weighted by Crippen LogP contribution is 2.21. The lowest BCUT2D eigenvalue weighted by molar-refractivity contribution is 0.0772. The minimum Gasteiger partial charge on any atom is -0.339 e. The Morgan fingerprint density at radius 3 is 2.42 bits per heavy atom. The highest BCUT2D eigenvalue weighted by Gasteiger charge is 2.17. The first kappa shape index (κ1) is 17.9. The van der Waals surface area contributed by atoms with Gasteiger partial charge in [0.05, 0.1) is 10.6 Å². The normalized spacial score (nSPS) is 10.3. The van der Waals surface area contributed by atoms with Crippen LogP contribution in [0.25, 0.3) is 0 Å². The van der Waals surface area contributed by atoms with Gasteiger partial charge in [0.1, 0.15) is 5.82 Å². The second kappa shape index (κ2) is 7.93. The molecule has 0 atom stereocenters. The maximum atomic E-state index is 13.8. The van der Waals surface area contributed by atoms with Crippen molar-refractivity contribution in [1.29, 1.82) is 0 Å². The lowest BCUT2D eigenvalue weighted by Crippen LogP contribution is -2.30. The van der Waals surface area contributed by atoms with Crippen LogP contribution in [0, 0.1) is 5.82 Å². The van der Waals surface area contributed by atoms with Crippen molar-refractivity contribution in [3.63, 3.8) is 0 Å². The van der Waals surface area contributed by atoms with Gasteiger partial charge in [-0.2, -0.15) is 0 Å². The van der Waals surface area contributed by atoms with Gasteiger partial charge in [-0.1, -0.05) is 23.7 Å². The van der Waals surface area contributed by atoms with Gasteiger partial charge in [0.2, 0.25) is 0 Å².